The smallest absolute Gasteiger partial charge is 0.379 e. The van der Waals surface area contributed by atoms with Crippen LogP contribution in [0.4, 0.5) is 11.4 Å². The first kappa shape index (κ1) is 22.7. The van der Waals surface area contributed by atoms with Crippen LogP contribution in [0.15, 0.2) is 58.0 Å². The molecule has 1 heterocycles. The second-order valence-electron chi connectivity index (χ2n) is 7.59. The first-order chi connectivity index (χ1) is 16.4. The summed E-state index contributed by atoms with van der Waals surface area (Å²) in [5, 5.41) is 15.3. The number of ether oxygens (including phenoxy) is 2. The van der Waals surface area contributed by atoms with Gasteiger partial charge in [-0.2, -0.15) is 5.10 Å². The fourth-order valence-electron chi connectivity index (χ4n) is 3.69. The summed E-state index contributed by atoms with van der Waals surface area (Å²) in [5.41, 5.74) is 5.95. The Morgan fingerprint density at radius 3 is 2.41 bits per heavy atom. The third kappa shape index (κ3) is 4.65. The summed E-state index contributed by atoms with van der Waals surface area (Å²) < 4.78 is 15.9. The number of carbonyl (C=O) groups excluding carboxylic acids is 2. The number of non-ortho nitro benzene ring substituents is 1. The molecule has 0 aliphatic heterocycles. The van der Waals surface area contributed by atoms with Gasteiger partial charge in [-0.3, -0.25) is 15.5 Å². The minimum atomic E-state index is -0.652. The monoisotopic (exact) mass is 463 g/mol. The summed E-state index contributed by atoms with van der Waals surface area (Å²) in [4.78, 5) is 34.7. The molecule has 0 saturated heterocycles. The Kier molecular flexibility index (Phi) is 6.39. The van der Waals surface area contributed by atoms with Crippen LogP contribution in [0.5, 0.6) is 5.75 Å². The van der Waals surface area contributed by atoms with Gasteiger partial charge < -0.3 is 13.9 Å². The Morgan fingerprint density at radius 1 is 1.06 bits per heavy atom. The molecule has 1 aliphatic rings. The molecular weight excluding hydrogens is 442 g/mol. The molecule has 0 amide bonds. The third-order valence-electron chi connectivity index (χ3n) is 5.40. The van der Waals surface area contributed by atoms with Crippen LogP contribution in [0.2, 0.25) is 0 Å². The topological polar surface area (TPSA) is 133 Å². The van der Waals surface area contributed by atoms with E-state index in [1.807, 2.05) is 0 Å². The van der Waals surface area contributed by atoms with Gasteiger partial charge in [-0.05, 0) is 56.2 Å². The van der Waals surface area contributed by atoms with Gasteiger partial charge in [-0.1, -0.05) is 0 Å². The number of nitro groups is 1. The zero-order chi connectivity index (χ0) is 24.2. The van der Waals surface area contributed by atoms with E-state index < -0.39 is 16.9 Å². The van der Waals surface area contributed by atoms with Crippen molar-refractivity contribution in [2.45, 2.75) is 26.2 Å². The Hall–Kier alpha value is -4.47. The second-order valence-corrected chi connectivity index (χ2v) is 7.59. The van der Waals surface area contributed by atoms with Crippen LogP contribution in [0.1, 0.15) is 50.6 Å². The van der Waals surface area contributed by atoms with Crippen LogP contribution in [0, 0.1) is 17.0 Å². The van der Waals surface area contributed by atoms with Crippen molar-refractivity contribution in [2.75, 3.05) is 12.5 Å². The summed E-state index contributed by atoms with van der Waals surface area (Å²) >= 11 is 0. The first-order valence-electron chi connectivity index (χ1n) is 10.5. The van der Waals surface area contributed by atoms with Gasteiger partial charge in [0.15, 0.2) is 0 Å². The molecule has 174 valence electrons. The molecule has 0 fully saturated rings. The van der Waals surface area contributed by atoms with Gasteiger partial charge in [0.1, 0.15) is 11.5 Å². The van der Waals surface area contributed by atoms with Crippen molar-refractivity contribution in [1.82, 2.24) is 0 Å². The number of anilines is 1. The maximum Gasteiger partial charge on any atom is 0.379 e. The summed E-state index contributed by atoms with van der Waals surface area (Å²) in [6, 6.07) is 11.9. The van der Waals surface area contributed by atoms with Gasteiger partial charge in [-0.25, -0.2) is 9.59 Å². The van der Waals surface area contributed by atoms with E-state index in [2.05, 4.69) is 15.3 Å². The lowest BCUT2D eigenvalue weighted by Gasteiger charge is -2.13. The lowest BCUT2D eigenvalue weighted by molar-refractivity contribution is -0.384. The molecule has 2 aromatic carbocycles. The molecular formula is C24H21N3O7. The number of furan rings is 1. The number of hydrogen-bond acceptors (Lipinski definition) is 9. The van der Waals surface area contributed by atoms with Crippen molar-refractivity contribution in [3.8, 4) is 5.75 Å². The average Bonchev–Trinajstić information content (AvgIpc) is 3.20. The average molecular weight is 463 g/mol. The number of nitrogens with zero attached hydrogens (tertiary/aromatic N) is 2. The van der Waals surface area contributed by atoms with Crippen molar-refractivity contribution >= 4 is 29.0 Å². The molecule has 1 N–H and O–H groups in total. The van der Waals surface area contributed by atoms with E-state index in [0.29, 0.717) is 35.4 Å². The molecule has 0 atom stereocenters. The largest absolute Gasteiger partial charge is 0.465 e. The van der Waals surface area contributed by atoms with Crippen LogP contribution in [0.25, 0.3) is 0 Å². The number of nitro benzene ring substituents is 1. The molecule has 0 bridgehead atoms. The van der Waals surface area contributed by atoms with Gasteiger partial charge in [0, 0.05) is 29.7 Å². The van der Waals surface area contributed by atoms with Gasteiger partial charge in [0.05, 0.1) is 29.0 Å². The van der Waals surface area contributed by atoms with E-state index in [1.54, 1.807) is 19.1 Å². The summed E-state index contributed by atoms with van der Waals surface area (Å²) in [6.07, 6.45) is 2.13. The standard InChI is InChI=1S/C24H21N3O7/c1-14-21-19(26-25-16-8-10-17(11-9-16)27(30)31)4-3-5-20(21)34-22(14)24(29)33-18-12-6-15(7-13-18)23(28)32-2/h6-13,25H,3-5H2,1-2H3/b26-19+. The minimum absolute atomic E-state index is 0.00748. The van der Waals surface area contributed by atoms with E-state index >= 15 is 0 Å². The maximum absolute atomic E-state index is 12.8. The molecule has 0 radical (unpaired) electrons. The molecule has 4 rings (SSSR count). The normalized spacial score (nSPS) is 13.8. The molecule has 1 aliphatic carbocycles. The highest BCUT2D eigenvalue weighted by molar-refractivity contribution is 6.06. The number of carbonyl (C=O) groups is 2. The number of rotatable bonds is 6. The molecule has 3 aromatic rings. The van der Waals surface area contributed by atoms with Crippen molar-refractivity contribution in [2.24, 2.45) is 5.10 Å². The highest BCUT2D eigenvalue weighted by Gasteiger charge is 2.29. The zero-order valence-corrected chi connectivity index (χ0v) is 18.5. The Labute approximate surface area is 194 Å². The van der Waals surface area contributed by atoms with Gasteiger partial charge in [0.25, 0.3) is 5.69 Å². The summed E-state index contributed by atoms with van der Waals surface area (Å²) in [6.45, 7) is 1.77. The number of benzene rings is 2. The molecule has 34 heavy (non-hydrogen) atoms. The van der Waals surface area contributed by atoms with E-state index in [-0.39, 0.29) is 17.2 Å². The quantitative estimate of drug-likeness (QED) is 0.242. The number of fused-ring (bicyclic) bond motifs is 1. The lowest BCUT2D eigenvalue weighted by atomic mass is 9.93. The number of esters is 2. The second kappa shape index (κ2) is 9.57. The summed E-state index contributed by atoms with van der Waals surface area (Å²) in [5.74, 6) is -0.130. The van der Waals surface area contributed by atoms with Crippen molar-refractivity contribution in [3.05, 3.63) is 86.9 Å². The predicted octanol–water partition coefficient (Wildman–Crippen LogP) is 4.65. The van der Waals surface area contributed by atoms with Crippen LogP contribution < -0.4 is 10.2 Å². The highest BCUT2D eigenvalue weighted by atomic mass is 16.6. The minimum Gasteiger partial charge on any atom is -0.465 e. The van der Waals surface area contributed by atoms with E-state index in [9.17, 15) is 19.7 Å². The van der Waals surface area contributed by atoms with Crippen molar-refractivity contribution in [1.29, 1.82) is 0 Å². The van der Waals surface area contributed by atoms with E-state index in [4.69, 9.17) is 9.15 Å². The predicted molar refractivity (Wildman–Crippen MR) is 122 cm³/mol. The van der Waals surface area contributed by atoms with Crippen molar-refractivity contribution in [3.63, 3.8) is 0 Å². The Balaban J connectivity index is 1.52. The molecule has 0 unspecified atom stereocenters. The van der Waals surface area contributed by atoms with Gasteiger partial charge in [-0.15, -0.1) is 0 Å². The van der Waals surface area contributed by atoms with E-state index in [1.165, 1.54) is 43.5 Å². The van der Waals surface area contributed by atoms with Crippen LogP contribution in [-0.2, 0) is 11.2 Å². The van der Waals surface area contributed by atoms with Crippen LogP contribution in [0.3, 0.4) is 0 Å². The Morgan fingerprint density at radius 2 is 1.76 bits per heavy atom. The number of hydrogen-bond donors (Lipinski definition) is 1. The molecule has 10 heteroatoms. The van der Waals surface area contributed by atoms with Crippen LogP contribution >= 0.6 is 0 Å². The van der Waals surface area contributed by atoms with Gasteiger partial charge in [0.2, 0.25) is 5.76 Å². The maximum atomic E-state index is 12.8. The summed E-state index contributed by atoms with van der Waals surface area (Å²) in [7, 11) is 1.29. The SMILES string of the molecule is COC(=O)c1ccc(OC(=O)c2oc3c(c2C)/C(=N/Nc2ccc([N+](=O)[O-])cc2)CCC3)cc1. The third-order valence-corrected chi connectivity index (χ3v) is 5.40. The Bertz CT molecular complexity index is 1280. The first-order valence-corrected chi connectivity index (χ1v) is 10.5. The number of nitrogens with one attached hydrogen (secondary N) is 1. The fourth-order valence-corrected chi connectivity index (χ4v) is 3.69. The van der Waals surface area contributed by atoms with E-state index in [0.717, 1.165) is 17.7 Å². The number of hydrazone groups is 1. The fraction of sp³-hybridized carbons (Fsp3) is 0.208. The lowest BCUT2D eigenvalue weighted by Crippen LogP contribution is -2.13. The van der Waals surface area contributed by atoms with Gasteiger partial charge >= 0.3 is 11.9 Å². The number of aryl methyl sites for hydroxylation is 1. The number of methoxy groups -OCH3 is 1. The molecule has 0 spiro atoms. The molecule has 0 saturated carbocycles. The van der Waals surface area contributed by atoms with Crippen molar-refractivity contribution < 1.29 is 28.4 Å². The molecule has 10 nitrogen and oxygen atoms in total. The molecule has 1 aromatic heterocycles. The van der Waals surface area contributed by atoms with Crippen LogP contribution in [-0.4, -0.2) is 29.7 Å². The highest BCUT2D eigenvalue weighted by Crippen LogP contribution is 2.31. The zero-order valence-electron chi connectivity index (χ0n) is 18.5.